The predicted molar refractivity (Wildman–Crippen MR) is 174 cm³/mol. The Morgan fingerprint density at radius 3 is 2.64 bits per heavy atom. The SMILES string of the molecule is COc1ccncc1C1CN(C(=O)[C@@H]2CC[C@@H]3CCC(C)C[C@H](NC(=O)c4cc5cc(C(F)[P+](O)(O)O)ccc5s4)C(=O)N32)C1.[HH].[HH].[HH]. The first-order valence-corrected chi connectivity index (χ1v) is 17.6. The monoisotopic (exact) mass is 665 g/mol. The molecule has 0 spiro atoms. The Kier molecular flexibility index (Phi) is 8.84. The van der Waals surface area contributed by atoms with Crippen LogP contribution in [0.15, 0.2) is 42.7 Å². The lowest BCUT2D eigenvalue weighted by Crippen LogP contribution is -2.60. The van der Waals surface area contributed by atoms with E-state index in [0.717, 1.165) is 41.9 Å². The van der Waals surface area contributed by atoms with Crippen molar-refractivity contribution in [2.24, 2.45) is 5.92 Å². The third kappa shape index (κ3) is 6.29. The summed E-state index contributed by atoms with van der Waals surface area (Å²) in [4.78, 5) is 77.3. The van der Waals surface area contributed by atoms with Crippen LogP contribution in [-0.4, -0.2) is 85.5 Å². The van der Waals surface area contributed by atoms with E-state index < -0.39 is 31.8 Å². The number of methoxy groups -OCH3 is 1. The third-order valence-electron chi connectivity index (χ3n) is 9.28. The minimum Gasteiger partial charge on any atom is -0.496 e. The van der Waals surface area contributed by atoms with Crippen molar-refractivity contribution in [3.05, 3.63) is 58.7 Å². The van der Waals surface area contributed by atoms with Crippen LogP contribution in [0.1, 0.15) is 75.9 Å². The van der Waals surface area contributed by atoms with Crippen molar-refractivity contribution in [1.29, 1.82) is 0 Å². The van der Waals surface area contributed by atoms with Crippen molar-refractivity contribution in [1.82, 2.24) is 20.1 Å². The van der Waals surface area contributed by atoms with Crippen LogP contribution in [-0.2, 0) is 9.59 Å². The number of carbonyl (C=O) groups is 3. The Bertz CT molecular complexity index is 1630. The maximum atomic E-state index is 14.3. The maximum absolute atomic E-state index is 14.3. The van der Waals surface area contributed by atoms with E-state index in [1.165, 1.54) is 12.1 Å². The van der Waals surface area contributed by atoms with Crippen LogP contribution in [0, 0.1) is 5.92 Å². The number of hydrogen-bond acceptors (Lipinski definition) is 9. The van der Waals surface area contributed by atoms with Crippen LogP contribution in [0.4, 0.5) is 4.39 Å². The molecule has 3 fully saturated rings. The van der Waals surface area contributed by atoms with Crippen LogP contribution >= 0.6 is 19.3 Å². The lowest BCUT2D eigenvalue weighted by Gasteiger charge is -2.43. The van der Waals surface area contributed by atoms with Gasteiger partial charge in [0.05, 0.1) is 12.0 Å². The number of carbonyl (C=O) groups excluding carboxylic acids is 3. The van der Waals surface area contributed by atoms with Crippen molar-refractivity contribution in [3.8, 4) is 5.75 Å². The zero-order chi connectivity index (χ0) is 32.0. The molecular weight excluding hydrogens is 622 g/mol. The molecule has 5 heterocycles. The van der Waals surface area contributed by atoms with Gasteiger partial charge in [-0.15, -0.1) is 11.3 Å². The molecular formula is C31H43FN4O7PS+. The molecule has 5 atom stereocenters. The summed E-state index contributed by atoms with van der Waals surface area (Å²) in [5.74, 6) is -2.09. The summed E-state index contributed by atoms with van der Waals surface area (Å²) in [5, 5.41) is 3.42. The van der Waals surface area contributed by atoms with E-state index >= 15 is 0 Å². The van der Waals surface area contributed by atoms with Gasteiger partial charge in [-0.1, -0.05) is 13.0 Å². The fourth-order valence-electron chi connectivity index (χ4n) is 6.84. The number of pyridine rings is 1. The Morgan fingerprint density at radius 2 is 1.91 bits per heavy atom. The van der Waals surface area contributed by atoms with Gasteiger partial charge in [-0.3, -0.25) is 19.4 Å². The minimum absolute atomic E-state index is 0. The van der Waals surface area contributed by atoms with Gasteiger partial charge in [-0.25, -0.2) is 0 Å². The van der Waals surface area contributed by atoms with Gasteiger partial charge in [0.25, 0.3) is 5.91 Å². The highest BCUT2D eigenvalue weighted by Crippen LogP contribution is 2.60. The number of benzene rings is 1. The standard InChI is InChI=1S/C31H36FN4O7PS.3H2/c1-17-3-5-21-6-7-24(31(39)35-15-20(16-35)22-14-33-10-9-25(22)43-2)36(21)30(38)23(11-17)34-29(37)27-13-19-12-18(4-8-26(19)45-27)28(32)44(40,41)42;;;/h4,8-10,12-14,17,20-21,23-24,28,40-42H,3,5-7,11,15-16H2,1-2H3;3*1H/p+1/t17?,21-,23-,24-,28?;;;/m0.../s1. The molecule has 0 saturated carbocycles. The van der Waals surface area contributed by atoms with Crippen molar-refractivity contribution in [2.75, 3.05) is 20.2 Å². The number of alkyl halides is 1. The molecule has 0 radical (unpaired) electrons. The van der Waals surface area contributed by atoms with Gasteiger partial charge in [0.2, 0.25) is 11.8 Å². The number of nitrogens with zero attached hydrogens (tertiary/aromatic N) is 3. The summed E-state index contributed by atoms with van der Waals surface area (Å²) in [6.45, 7) is 3.11. The summed E-state index contributed by atoms with van der Waals surface area (Å²) >= 11 is 1.16. The third-order valence-corrected chi connectivity index (χ3v) is 11.3. The fraction of sp³-hybridized carbons (Fsp3) is 0.484. The van der Waals surface area contributed by atoms with Crippen LogP contribution in [0.3, 0.4) is 0 Å². The van der Waals surface area contributed by atoms with Crippen LogP contribution in [0.2, 0.25) is 0 Å². The smallest absolute Gasteiger partial charge is 0.444 e. The van der Waals surface area contributed by atoms with E-state index in [-0.39, 0.29) is 39.5 Å². The van der Waals surface area contributed by atoms with Crippen LogP contribution in [0.25, 0.3) is 10.1 Å². The van der Waals surface area contributed by atoms with Gasteiger partial charge in [0.1, 0.15) is 17.8 Å². The topological polar surface area (TPSA) is 153 Å². The van der Waals surface area contributed by atoms with E-state index in [9.17, 15) is 33.5 Å². The van der Waals surface area contributed by atoms with E-state index in [2.05, 4.69) is 17.2 Å². The first-order valence-electron chi connectivity index (χ1n) is 15.1. The lowest BCUT2D eigenvalue weighted by molar-refractivity contribution is -0.150. The number of ether oxygens (including phenoxy) is 1. The van der Waals surface area contributed by atoms with Crippen LogP contribution < -0.4 is 10.1 Å². The van der Waals surface area contributed by atoms with Gasteiger partial charge < -0.3 is 19.9 Å². The van der Waals surface area contributed by atoms with E-state index in [1.54, 1.807) is 47.5 Å². The van der Waals surface area contributed by atoms with Crippen molar-refractivity contribution in [2.45, 2.75) is 69.0 Å². The van der Waals surface area contributed by atoms with Crippen LogP contribution in [0.5, 0.6) is 5.75 Å². The number of amides is 3. The zero-order valence-corrected chi connectivity index (χ0v) is 26.7. The van der Waals surface area contributed by atoms with Crippen molar-refractivity contribution in [3.63, 3.8) is 0 Å². The van der Waals surface area contributed by atoms with Gasteiger partial charge in [0, 0.05) is 57.5 Å². The highest BCUT2D eigenvalue weighted by atomic mass is 32.1. The summed E-state index contributed by atoms with van der Waals surface area (Å²) < 4.78 is 20.5. The van der Waals surface area contributed by atoms with Gasteiger partial charge >= 0.3 is 13.9 Å². The van der Waals surface area contributed by atoms with Crippen molar-refractivity contribution >= 4 is 47.1 Å². The number of aromatic nitrogens is 1. The zero-order valence-electron chi connectivity index (χ0n) is 25.0. The molecule has 6 rings (SSSR count). The molecule has 2 aromatic heterocycles. The summed E-state index contributed by atoms with van der Waals surface area (Å²) in [5.41, 5.74) is 0.847. The molecule has 14 heteroatoms. The number of thiophene rings is 1. The summed E-state index contributed by atoms with van der Waals surface area (Å²) in [6.07, 6.45) is 6.86. The second-order valence-corrected chi connectivity index (χ2v) is 15.1. The average Bonchev–Trinajstić information content (AvgIpc) is 3.61. The molecule has 3 aliphatic heterocycles. The molecule has 4 N–H and O–H groups in total. The first-order chi connectivity index (χ1) is 21.4. The quantitative estimate of drug-likeness (QED) is 0.266. The molecule has 45 heavy (non-hydrogen) atoms. The number of halogens is 1. The molecule has 0 bridgehead atoms. The number of likely N-dealkylation sites (tertiary alicyclic amines) is 1. The highest BCUT2D eigenvalue weighted by Gasteiger charge is 2.48. The Hall–Kier alpha value is -3.22. The summed E-state index contributed by atoms with van der Waals surface area (Å²) in [7, 11) is -3.12. The second kappa shape index (κ2) is 12.5. The second-order valence-electron chi connectivity index (χ2n) is 12.4. The molecule has 3 amide bonds. The lowest BCUT2D eigenvalue weighted by atomic mass is 9.90. The van der Waals surface area contributed by atoms with E-state index in [1.807, 2.05) is 0 Å². The van der Waals surface area contributed by atoms with Crippen molar-refractivity contribution < 1.29 is 42.5 Å². The molecule has 3 aromatic rings. The number of hydrogen-bond donors (Lipinski definition) is 4. The molecule has 0 aliphatic carbocycles. The molecule has 2 unspecified atom stereocenters. The Morgan fingerprint density at radius 1 is 1.16 bits per heavy atom. The largest absolute Gasteiger partial charge is 0.496 e. The molecule has 246 valence electrons. The number of nitrogens with one attached hydrogen (secondary N) is 1. The van der Waals surface area contributed by atoms with E-state index in [4.69, 9.17) is 4.74 Å². The first kappa shape index (κ1) is 31.7. The predicted octanol–water partition coefficient (Wildman–Crippen LogP) is 4.65. The number of rotatable bonds is 7. The highest BCUT2D eigenvalue weighted by molar-refractivity contribution is 7.58. The normalized spacial score (nSPS) is 24.9. The average molecular weight is 666 g/mol. The molecule has 11 nitrogen and oxygen atoms in total. The van der Waals surface area contributed by atoms with E-state index in [0.29, 0.717) is 40.9 Å². The Balaban J connectivity index is 0.00000208. The minimum atomic E-state index is -4.73. The van der Waals surface area contributed by atoms with Gasteiger partial charge in [0.15, 0.2) is 0 Å². The van der Waals surface area contributed by atoms with Gasteiger partial charge in [-0.2, -0.15) is 19.1 Å². The van der Waals surface area contributed by atoms with Gasteiger partial charge in [-0.05, 0) is 67.7 Å². The summed E-state index contributed by atoms with van der Waals surface area (Å²) in [6, 6.07) is 6.14. The maximum Gasteiger partial charge on any atom is 0.444 e. The Labute approximate surface area is 269 Å². The molecule has 3 saturated heterocycles. The fourth-order valence-corrected chi connectivity index (χ4v) is 8.35. The molecule has 1 aromatic carbocycles. The molecule has 3 aliphatic rings. The number of fused-ring (bicyclic) bond motifs is 2.